The SMILES string of the molecule is [CH2]C(CF)c1cccc(C(F)F)c1. The van der Waals surface area contributed by atoms with Crippen molar-refractivity contribution in [1.29, 1.82) is 0 Å². The lowest BCUT2D eigenvalue weighted by molar-refractivity contribution is 0.151. The van der Waals surface area contributed by atoms with E-state index in [0.717, 1.165) is 0 Å². The van der Waals surface area contributed by atoms with Gasteiger partial charge >= 0.3 is 0 Å². The van der Waals surface area contributed by atoms with Crippen molar-refractivity contribution in [3.8, 4) is 0 Å². The molecule has 0 nitrogen and oxygen atoms in total. The maximum Gasteiger partial charge on any atom is 0.263 e. The highest BCUT2D eigenvalue weighted by atomic mass is 19.3. The fourth-order valence-corrected chi connectivity index (χ4v) is 1.04. The molecule has 1 aromatic rings. The zero-order valence-electron chi connectivity index (χ0n) is 7.01. The maximum atomic E-state index is 12.2. The van der Waals surface area contributed by atoms with Gasteiger partial charge in [-0.05, 0) is 18.6 Å². The highest BCUT2D eigenvalue weighted by Crippen LogP contribution is 2.23. The monoisotopic (exact) mass is 187 g/mol. The summed E-state index contributed by atoms with van der Waals surface area (Å²) in [6, 6.07) is 5.70. The van der Waals surface area contributed by atoms with E-state index in [-0.39, 0.29) is 5.56 Å². The fraction of sp³-hybridized carbons (Fsp3) is 0.300. The topological polar surface area (TPSA) is 0 Å². The lowest BCUT2D eigenvalue weighted by Gasteiger charge is -2.08. The molecule has 3 heteroatoms. The maximum absolute atomic E-state index is 12.2. The van der Waals surface area contributed by atoms with Crippen molar-refractivity contribution in [1.82, 2.24) is 0 Å². The molecule has 1 rings (SSSR count). The smallest absolute Gasteiger partial charge is 0.250 e. The van der Waals surface area contributed by atoms with E-state index in [9.17, 15) is 13.2 Å². The number of benzene rings is 1. The number of alkyl halides is 3. The molecule has 0 N–H and O–H groups in total. The van der Waals surface area contributed by atoms with Crippen LogP contribution in [-0.4, -0.2) is 6.67 Å². The van der Waals surface area contributed by atoms with E-state index in [1.165, 1.54) is 18.2 Å². The minimum absolute atomic E-state index is 0.0837. The van der Waals surface area contributed by atoms with Gasteiger partial charge < -0.3 is 0 Å². The predicted molar refractivity (Wildman–Crippen MR) is 45.5 cm³/mol. The van der Waals surface area contributed by atoms with Crippen LogP contribution in [0.3, 0.4) is 0 Å². The first-order chi connectivity index (χ1) is 6.15. The fourth-order valence-electron chi connectivity index (χ4n) is 1.04. The van der Waals surface area contributed by atoms with Gasteiger partial charge in [-0.3, -0.25) is 4.39 Å². The van der Waals surface area contributed by atoms with Gasteiger partial charge in [-0.2, -0.15) is 0 Å². The van der Waals surface area contributed by atoms with Gasteiger partial charge in [0.25, 0.3) is 6.43 Å². The van der Waals surface area contributed by atoms with Crippen LogP contribution in [0.25, 0.3) is 0 Å². The Bertz CT molecular complexity index is 271. The van der Waals surface area contributed by atoms with E-state index in [4.69, 9.17) is 0 Å². The highest BCUT2D eigenvalue weighted by molar-refractivity contribution is 5.27. The molecule has 1 unspecified atom stereocenters. The summed E-state index contributed by atoms with van der Waals surface area (Å²) in [5.74, 6) is -0.557. The van der Waals surface area contributed by atoms with E-state index < -0.39 is 19.0 Å². The van der Waals surface area contributed by atoms with Crippen molar-refractivity contribution in [3.05, 3.63) is 42.3 Å². The van der Waals surface area contributed by atoms with Gasteiger partial charge in [0.2, 0.25) is 0 Å². The second-order valence-electron chi connectivity index (χ2n) is 2.82. The van der Waals surface area contributed by atoms with Crippen LogP contribution in [0.1, 0.15) is 23.5 Å². The van der Waals surface area contributed by atoms with E-state index in [1.54, 1.807) is 6.07 Å². The van der Waals surface area contributed by atoms with Crippen molar-refractivity contribution in [2.24, 2.45) is 0 Å². The van der Waals surface area contributed by atoms with Crippen molar-refractivity contribution in [2.75, 3.05) is 6.67 Å². The molecule has 71 valence electrons. The second-order valence-corrected chi connectivity index (χ2v) is 2.82. The van der Waals surface area contributed by atoms with Crippen LogP contribution in [-0.2, 0) is 0 Å². The zero-order chi connectivity index (χ0) is 9.84. The molecule has 0 aromatic heterocycles. The molecule has 0 aliphatic rings. The number of halogens is 3. The number of hydrogen-bond donors (Lipinski definition) is 0. The molecule has 0 bridgehead atoms. The Balaban J connectivity index is 2.91. The van der Waals surface area contributed by atoms with Gasteiger partial charge in [-0.15, -0.1) is 0 Å². The molecule has 0 aliphatic carbocycles. The zero-order valence-corrected chi connectivity index (χ0v) is 7.01. The summed E-state index contributed by atoms with van der Waals surface area (Å²) in [5, 5.41) is 0. The van der Waals surface area contributed by atoms with Gasteiger partial charge in [0, 0.05) is 11.5 Å². The number of hydrogen-bond acceptors (Lipinski definition) is 0. The van der Waals surface area contributed by atoms with Crippen LogP contribution >= 0.6 is 0 Å². The normalized spacial score (nSPS) is 13.3. The quantitative estimate of drug-likeness (QED) is 0.679. The van der Waals surface area contributed by atoms with Gasteiger partial charge in [0.15, 0.2) is 0 Å². The van der Waals surface area contributed by atoms with Gasteiger partial charge in [0.05, 0.1) is 6.67 Å². The van der Waals surface area contributed by atoms with Crippen LogP contribution in [0.2, 0.25) is 0 Å². The highest BCUT2D eigenvalue weighted by Gasteiger charge is 2.10. The summed E-state index contributed by atoms with van der Waals surface area (Å²) in [7, 11) is 0. The van der Waals surface area contributed by atoms with Crippen LogP contribution in [0.5, 0.6) is 0 Å². The number of rotatable bonds is 3. The van der Waals surface area contributed by atoms with E-state index in [0.29, 0.717) is 5.56 Å². The summed E-state index contributed by atoms with van der Waals surface area (Å²) in [6.45, 7) is 2.88. The predicted octanol–water partition coefficient (Wildman–Crippen LogP) is 3.51. The van der Waals surface area contributed by atoms with Crippen molar-refractivity contribution in [3.63, 3.8) is 0 Å². The molecule has 0 aliphatic heterocycles. The average molecular weight is 187 g/mol. The van der Waals surface area contributed by atoms with Gasteiger partial charge in [-0.25, -0.2) is 8.78 Å². The van der Waals surface area contributed by atoms with Crippen molar-refractivity contribution in [2.45, 2.75) is 12.3 Å². The molecular formula is C10H10F3. The average Bonchev–Trinajstić information content (AvgIpc) is 2.17. The van der Waals surface area contributed by atoms with Crippen molar-refractivity contribution >= 4 is 0 Å². The van der Waals surface area contributed by atoms with Gasteiger partial charge in [-0.1, -0.05) is 18.2 Å². The molecule has 0 spiro atoms. The lowest BCUT2D eigenvalue weighted by Crippen LogP contribution is -1.97. The third-order valence-corrected chi connectivity index (χ3v) is 1.82. The first-order valence-electron chi connectivity index (χ1n) is 3.92. The summed E-state index contributed by atoms with van der Waals surface area (Å²) >= 11 is 0. The largest absolute Gasteiger partial charge is 0.263 e. The van der Waals surface area contributed by atoms with Gasteiger partial charge in [0.1, 0.15) is 0 Å². The first kappa shape index (κ1) is 10.1. The Morgan fingerprint density at radius 1 is 1.23 bits per heavy atom. The third-order valence-electron chi connectivity index (χ3n) is 1.82. The van der Waals surface area contributed by atoms with Crippen LogP contribution < -0.4 is 0 Å². The third kappa shape index (κ3) is 2.47. The van der Waals surface area contributed by atoms with E-state index in [1.807, 2.05) is 0 Å². The molecule has 13 heavy (non-hydrogen) atoms. The molecule has 0 saturated carbocycles. The minimum atomic E-state index is -2.51. The second kappa shape index (κ2) is 4.30. The molecule has 0 saturated heterocycles. The minimum Gasteiger partial charge on any atom is -0.250 e. The standard InChI is InChI=1S/C10H10F3/c1-7(6-11)8-3-2-4-9(5-8)10(12)13/h2-5,7,10H,1,6H2. The lowest BCUT2D eigenvalue weighted by atomic mass is 10.0. The molecule has 1 aromatic carbocycles. The Hall–Kier alpha value is -0.990. The Morgan fingerprint density at radius 2 is 1.85 bits per heavy atom. The first-order valence-corrected chi connectivity index (χ1v) is 3.92. The Kier molecular flexibility index (Phi) is 3.34. The molecule has 0 amide bonds. The summed E-state index contributed by atoms with van der Waals surface area (Å²) in [4.78, 5) is 0. The Morgan fingerprint density at radius 3 is 2.38 bits per heavy atom. The summed E-state index contributed by atoms with van der Waals surface area (Å²) < 4.78 is 36.6. The summed E-state index contributed by atoms with van der Waals surface area (Å²) in [6.07, 6.45) is -2.51. The molecule has 0 fully saturated rings. The van der Waals surface area contributed by atoms with Crippen molar-refractivity contribution < 1.29 is 13.2 Å². The molecule has 1 atom stereocenters. The molecule has 1 radical (unpaired) electrons. The van der Waals surface area contributed by atoms with E-state index >= 15 is 0 Å². The van der Waals surface area contributed by atoms with Crippen LogP contribution in [0.4, 0.5) is 13.2 Å². The molecular weight excluding hydrogens is 177 g/mol. The summed E-state index contributed by atoms with van der Waals surface area (Å²) in [5.41, 5.74) is 0.430. The van der Waals surface area contributed by atoms with Crippen LogP contribution in [0.15, 0.2) is 24.3 Å². The Labute approximate surface area is 75.4 Å². The van der Waals surface area contributed by atoms with Crippen LogP contribution in [0, 0.1) is 6.92 Å². The van der Waals surface area contributed by atoms with E-state index in [2.05, 4.69) is 6.92 Å². The molecule has 0 heterocycles.